The summed E-state index contributed by atoms with van der Waals surface area (Å²) in [6.07, 6.45) is 2.97. The van der Waals surface area contributed by atoms with Gasteiger partial charge in [0, 0.05) is 25.7 Å². The van der Waals surface area contributed by atoms with Gasteiger partial charge in [0.1, 0.15) is 0 Å². The second kappa shape index (κ2) is 10.2. The molecular formula is C20H25N3O4. The van der Waals surface area contributed by atoms with Gasteiger partial charge in [-0.15, -0.1) is 0 Å². The standard InChI is InChI=1S/C20H25N3O4/c1-3-15-8-4-5-9-16(15)22-18(24)14-23(2)19(25)11-6-12-21-20(26)17-10-7-13-27-17/h4-5,7-10,13H,3,6,11-12,14H2,1-2H3,(H,21,26)(H,22,24). The summed E-state index contributed by atoms with van der Waals surface area (Å²) in [5, 5.41) is 5.53. The van der Waals surface area contributed by atoms with Crippen LogP contribution in [-0.2, 0) is 16.0 Å². The number of hydrogen-bond donors (Lipinski definition) is 2. The van der Waals surface area contributed by atoms with Gasteiger partial charge in [-0.2, -0.15) is 0 Å². The van der Waals surface area contributed by atoms with E-state index >= 15 is 0 Å². The Labute approximate surface area is 158 Å². The highest BCUT2D eigenvalue weighted by Gasteiger charge is 2.14. The number of anilines is 1. The minimum Gasteiger partial charge on any atom is -0.459 e. The van der Waals surface area contributed by atoms with Crippen molar-refractivity contribution in [3.05, 3.63) is 54.0 Å². The second-order valence-electron chi connectivity index (χ2n) is 6.15. The van der Waals surface area contributed by atoms with Crippen LogP contribution in [0.2, 0.25) is 0 Å². The van der Waals surface area contributed by atoms with E-state index < -0.39 is 0 Å². The third kappa shape index (κ3) is 6.29. The zero-order valence-electron chi connectivity index (χ0n) is 15.7. The molecule has 3 amide bonds. The highest BCUT2D eigenvalue weighted by Crippen LogP contribution is 2.15. The fourth-order valence-electron chi connectivity index (χ4n) is 2.57. The molecule has 0 saturated carbocycles. The number of carbonyl (C=O) groups excluding carboxylic acids is 3. The fraction of sp³-hybridized carbons (Fsp3) is 0.350. The van der Waals surface area contributed by atoms with E-state index in [4.69, 9.17) is 4.42 Å². The highest BCUT2D eigenvalue weighted by molar-refractivity contribution is 5.95. The molecule has 2 N–H and O–H groups in total. The van der Waals surface area contributed by atoms with Crippen molar-refractivity contribution in [3.8, 4) is 0 Å². The third-order valence-corrected chi connectivity index (χ3v) is 4.08. The number of para-hydroxylation sites is 1. The molecule has 0 fully saturated rings. The average Bonchev–Trinajstić information content (AvgIpc) is 3.20. The summed E-state index contributed by atoms with van der Waals surface area (Å²) in [4.78, 5) is 37.4. The van der Waals surface area contributed by atoms with Crippen LogP contribution < -0.4 is 10.6 Å². The van der Waals surface area contributed by atoms with Crippen LogP contribution in [0.3, 0.4) is 0 Å². The van der Waals surface area contributed by atoms with E-state index in [0.29, 0.717) is 13.0 Å². The number of nitrogens with zero attached hydrogens (tertiary/aromatic N) is 1. The Kier molecular flexibility index (Phi) is 7.61. The van der Waals surface area contributed by atoms with Crippen molar-refractivity contribution in [1.82, 2.24) is 10.2 Å². The summed E-state index contributed by atoms with van der Waals surface area (Å²) >= 11 is 0. The number of amides is 3. The van der Waals surface area contributed by atoms with Gasteiger partial charge in [0.15, 0.2) is 5.76 Å². The first-order valence-electron chi connectivity index (χ1n) is 8.94. The quantitative estimate of drug-likeness (QED) is 0.663. The van der Waals surface area contributed by atoms with Gasteiger partial charge in [0.2, 0.25) is 11.8 Å². The monoisotopic (exact) mass is 371 g/mol. The van der Waals surface area contributed by atoms with Gasteiger partial charge >= 0.3 is 0 Å². The number of benzene rings is 1. The zero-order chi connectivity index (χ0) is 19.6. The minimum absolute atomic E-state index is 0.0182. The lowest BCUT2D eigenvalue weighted by molar-refractivity contribution is -0.133. The van der Waals surface area contributed by atoms with Gasteiger partial charge in [-0.05, 0) is 36.6 Å². The largest absolute Gasteiger partial charge is 0.459 e. The van der Waals surface area contributed by atoms with Gasteiger partial charge in [-0.3, -0.25) is 14.4 Å². The van der Waals surface area contributed by atoms with Crippen LogP contribution in [0.15, 0.2) is 47.1 Å². The average molecular weight is 371 g/mol. The first-order chi connectivity index (χ1) is 13.0. The maximum Gasteiger partial charge on any atom is 0.286 e. The molecule has 0 bridgehead atoms. The summed E-state index contributed by atoms with van der Waals surface area (Å²) < 4.78 is 4.99. The molecule has 2 aromatic rings. The van der Waals surface area contributed by atoms with Crippen LogP contribution in [0, 0.1) is 0 Å². The maximum absolute atomic E-state index is 12.2. The number of likely N-dealkylation sites (N-methyl/N-ethyl adjacent to an activating group) is 1. The third-order valence-electron chi connectivity index (χ3n) is 4.08. The van der Waals surface area contributed by atoms with E-state index in [0.717, 1.165) is 17.7 Å². The Morgan fingerprint density at radius 2 is 1.89 bits per heavy atom. The van der Waals surface area contributed by atoms with Gasteiger partial charge in [-0.1, -0.05) is 25.1 Å². The van der Waals surface area contributed by atoms with Crippen LogP contribution >= 0.6 is 0 Å². The summed E-state index contributed by atoms with van der Waals surface area (Å²) in [5.74, 6) is -0.462. The molecule has 7 nitrogen and oxygen atoms in total. The van der Waals surface area contributed by atoms with Gasteiger partial charge in [0.25, 0.3) is 5.91 Å². The number of carbonyl (C=O) groups is 3. The van der Waals surface area contributed by atoms with E-state index in [1.807, 2.05) is 31.2 Å². The number of aryl methyl sites for hydroxylation is 1. The lowest BCUT2D eigenvalue weighted by Crippen LogP contribution is -2.35. The Hall–Kier alpha value is -3.09. The van der Waals surface area contributed by atoms with Crippen molar-refractivity contribution in [2.24, 2.45) is 0 Å². The first-order valence-corrected chi connectivity index (χ1v) is 8.94. The van der Waals surface area contributed by atoms with Gasteiger partial charge < -0.3 is 20.0 Å². The van der Waals surface area contributed by atoms with Crippen molar-refractivity contribution in [2.45, 2.75) is 26.2 Å². The summed E-state index contributed by atoms with van der Waals surface area (Å²) in [7, 11) is 1.59. The molecule has 0 saturated heterocycles. The van der Waals surface area contributed by atoms with Crippen LogP contribution in [0.1, 0.15) is 35.9 Å². The molecule has 0 atom stereocenters. The normalized spacial score (nSPS) is 10.3. The topological polar surface area (TPSA) is 91.7 Å². The molecule has 2 rings (SSSR count). The van der Waals surface area contributed by atoms with Crippen molar-refractivity contribution in [1.29, 1.82) is 0 Å². The van der Waals surface area contributed by atoms with Crippen molar-refractivity contribution in [3.63, 3.8) is 0 Å². The number of hydrogen-bond acceptors (Lipinski definition) is 4. The number of nitrogens with one attached hydrogen (secondary N) is 2. The molecule has 0 radical (unpaired) electrons. The van der Waals surface area contributed by atoms with Crippen LogP contribution in [-0.4, -0.2) is 42.8 Å². The molecule has 1 heterocycles. The molecule has 0 aliphatic carbocycles. The SMILES string of the molecule is CCc1ccccc1NC(=O)CN(C)C(=O)CCCNC(=O)c1ccco1. The van der Waals surface area contributed by atoms with Crippen molar-refractivity contribution in [2.75, 3.05) is 25.5 Å². The predicted octanol–water partition coefficient (Wildman–Crippen LogP) is 2.45. The number of furan rings is 1. The van der Waals surface area contributed by atoms with E-state index in [1.165, 1.54) is 11.2 Å². The summed E-state index contributed by atoms with van der Waals surface area (Å²) in [6, 6.07) is 10.8. The van der Waals surface area contributed by atoms with E-state index in [9.17, 15) is 14.4 Å². The van der Waals surface area contributed by atoms with Crippen molar-refractivity contribution >= 4 is 23.4 Å². The summed E-state index contributed by atoms with van der Waals surface area (Å²) in [6.45, 7) is 2.36. The lowest BCUT2D eigenvalue weighted by atomic mass is 10.1. The Bertz CT molecular complexity index is 771. The van der Waals surface area contributed by atoms with Crippen molar-refractivity contribution < 1.29 is 18.8 Å². The Morgan fingerprint density at radius 3 is 2.59 bits per heavy atom. The molecule has 27 heavy (non-hydrogen) atoms. The smallest absolute Gasteiger partial charge is 0.286 e. The molecular weight excluding hydrogens is 346 g/mol. The molecule has 7 heteroatoms. The molecule has 0 unspecified atom stereocenters. The number of rotatable bonds is 9. The lowest BCUT2D eigenvalue weighted by Gasteiger charge is -2.17. The van der Waals surface area contributed by atoms with E-state index in [-0.39, 0.29) is 36.4 Å². The molecule has 1 aromatic heterocycles. The van der Waals surface area contributed by atoms with Crippen LogP contribution in [0.5, 0.6) is 0 Å². The maximum atomic E-state index is 12.2. The predicted molar refractivity (Wildman–Crippen MR) is 102 cm³/mol. The fourth-order valence-corrected chi connectivity index (χ4v) is 2.57. The van der Waals surface area contributed by atoms with E-state index in [2.05, 4.69) is 10.6 Å². The highest BCUT2D eigenvalue weighted by atomic mass is 16.3. The van der Waals surface area contributed by atoms with Gasteiger partial charge in [0.05, 0.1) is 12.8 Å². The van der Waals surface area contributed by atoms with Crippen LogP contribution in [0.25, 0.3) is 0 Å². The first kappa shape index (κ1) is 20.2. The Morgan fingerprint density at radius 1 is 1.11 bits per heavy atom. The molecule has 0 spiro atoms. The Balaban J connectivity index is 1.70. The van der Waals surface area contributed by atoms with Crippen LogP contribution in [0.4, 0.5) is 5.69 Å². The molecule has 1 aromatic carbocycles. The molecule has 144 valence electrons. The second-order valence-corrected chi connectivity index (χ2v) is 6.15. The molecule has 0 aliphatic rings. The van der Waals surface area contributed by atoms with E-state index in [1.54, 1.807) is 19.2 Å². The molecule has 0 aliphatic heterocycles. The zero-order valence-corrected chi connectivity index (χ0v) is 15.7. The summed E-state index contributed by atoms with van der Waals surface area (Å²) in [5.41, 5.74) is 1.82. The van der Waals surface area contributed by atoms with Gasteiger partial charge in [-0.25, -0.2) is 0 Å². The minimum atomic E-state index is -0.310.